The molecule has 2 aromatic carbocycles. The Hall–Kier alpha value is -2.22. The second-order valence-electron chi connectivity index (χ2n) is 13.4. The molecule has 0 saturated carbocycles. The summed E-state index contributed by atoms with van der Waals surface area (Å²) in [7, 11) is 0. The molecule has 8 nitrogen and oxygen atoms in total. The summed E-state index contributed by atoms with van der Waals surface area (Å²) in [4.78, 5) is 24.3. The number of benzene rings is 2. The van der Waals surface area contributed by atoms with Crippen molar-refractivity contribution in [1.82, 2.24) is 0 Å². The van der Waals surface area contributed by atoms with Gasteiger partial charge >= 0.3 is 11.9 Å². The summed E-state index contributed by atoms with van der Waals surface area (Å²) >= 11 is 7.43. The lowest BCUT2D eigenvalue weighted by Gasteiger charge is -2.32. The van der Waals surface area contributed by atoms with E-state index in [0.717, 1.165) is 74.3 Å². The Kier molecular flexibility index (Phi) is 15.2. The molecular weight excluding hydrogens is 725 g/mol. The maximum absolute atomic E-state index is 12.2. The van der Waals surface area contributed by atoms with Gasteiger partial charge in [0, 0.05) is 47.5 Å². The van der Waals surface area contributed by atoms with E-state index in [9.17, 15) is 9.59 Å². The zero-order chi connectivity index (χ0) is 37.3. The third kappa shape index (κ3) is 11.4. The number of hydrogen-bond donors (Lipinski definition) is 0. The highest BCUT2D eigenvalue weighted by Gasteiger charge is 2.34. The van der Waals surface area contributed by atoms with Gasteiger partial charge in [-0.2, -0.15) is 0 Å². The molecule has 0 N–H and O–H groups in total. The number of rotatable bonds is 18. The average molecular weight is 777 g/mol. The first kappa shape index (κ1) is 41.5. The van der Waals surface area contributed by atoms with Crippen LogP contribution in [0.1, 0.15) is 61.1 Å². The summed E-state index contributed by atoms with van der Waals surface area (Å²) in [5, 5.41) is 0. The van der Waals surface area contributed by atoms with Gasteiger partial charge < -0.3 is 28.4 Å². The Morgan fingerprint density at radius 2 is 1.25 bits per heavy atom. The first-order chi connectivity index (χ1) is 24.2. The molecule has 0 spiro atoms. The summed E-state index contributed by atoms with van der Waals surface area (Å²) in [5.74, 6) is 3.44. The fourth-order valence-electron chi connectivity index (χ4n) is 5.85. The Balaban J connectivity index is 1.52. The quantitative estimate of drug-likeness (QED) is 0.0826. The number of carbonyl (C=O) groups excluding carboxylic acids is 2. The van der Waals surface area contributed by atoms with E-state index in [2.05, 4.69) is 51.3 Å². The standard InChI is InChI=1S/C39H52O8S4/c1-11-31(40)45-28(7)37(42-21-33-48-13-14-49-33)46-36-26(5)19-30(20-27(36)6)38(8,9)29-17-24(3)35(25(4)18-29)43-23-39(10,47-32(41)12-2)44-22-34-50-15-16-51-34/h11-12,17-20,28,33-34,37H,1-2,13-16,21-23H2,3-10H3. The van der Waals surface area contributed by atoms with Crippen LogP contribution in [0.15, 0.2) is 49.6 Å². The highest BCUT2D eigenvalue weighted by atomic mass is 32.2. The molecule has 51 heavy (non-hydrogen) atoms. The van der Waals surface area contributed by atoms with Crippen LogP contribution >= 0.6 is 47.0 Å². The first-order valence-corrected chi connectivity index (χ1v) is 21.3. The minimum absolute atomic E-state index is 0.0351. The second-order valence-corrected chi connectivity index (χ2v) is 19.2. The van der Waals surface area contributed by atoms with Gasteiger partial charge in [-0.1, -0.05) is 51.3 Å². The van der Waals surface area contributed by atoms with Crippen LogP contribution in [0.25, 0.3) is 0 Å². The van der Waals surface area contributed by atoms with Gasteiger partial charge in [0.1, 0.15) is 11.5 Å². The molecule has 2 aliphatic rings. The van der Waals surface area contributed by atoms with E-state index in [1.54, 1.807) is 13.8 Å². The van der Waals surface area contributed by atoms with E-state index in [0.29, 0.717) is 28.1 Å². The minimum atomic E-state index is -1.27. The van der Waals surface area contributed by atoms with E-state index in [1.165, 1.54) is 0 Å². The van der Waals surface area contributed by atoms with Crippen LogP contribution in [-0.2, 0) is 34.0 Å². The summed E-state index contributed by atoms with van der Waals surface area (Å²) in [6.07, 6.45) is 0.865. The van der Waals surface area contributed by atoms with Gasteiger partial charge in [-0.25, -0.2) is 9.59 Å². The molecule has 0 amide bonds. The number of thioether (sulfide) groups is 4. The molecule has 2 fully saturated rings. The molecule has 3 unspecified atom stereocenters. The fraction of sp³-hybridized carbons (Fsp3) is 0.538. The molecular formula is C39H52O8S4. The van der Waals surface area contributed by atoms with Crippen LogP contribution in [0.3, 0.4) is 0 Å². The third-order valence-corrected chi connectivity index (χ3v) is 14.7. The van der Waals surface area contributed by atoms with E-state index in [-0.39, 0.29) is 12.0 Å². The zero-order valence-electron chi connectivity index (χ0n) is 31.0. The molecule has 0 aromatic heterocycles. The molecule has 2 heterocycles. The van der Waals surface area contributed by atoms with Crippen molar-refractivity contribution < 1.29 is 38.0 Å². The Morgan fingerprint density at radius 3 is 1.75 bits per heavy atom. The van der Waals surface area contributed by atoms with Crippen molar-refractivity contribution in [2.45, 2.75) is 88.1 Å². The SMILES string of the molecule is C=CC(=O)OC(C)C(OCC1SCCS1)Oc1c(C)cc(C(C)(C)c2cc(C)c(OCC(C)(OCC3SCCS3)OC(=O)C=C)c(C)c2)cc1C. The van der Waals surface area contributed by atoms with Crippen molar-refractivity contribution in [2.75, 3.05) is 42.8 Å². The zero-order valence-corrected chi connectivity index (χ0v) is 34.3. The topological polar surface area (TPSA) is 89.5 Å². The van der Waals surface area contributed by atoms with Gasteiger partial charge in [0.25, 0.3) is 0 Å². The Labute approximate surface area is 320 Å². The van der Waals surface area contributed by atoms with Crippen LogP contribution in [-0.4, -0.2) is 82.1 Å². The van der Waals surface area contributed by atoms with Gasteiger partial charge in [-0.3, -0.25) is 0 Å². The molecule has 280 valence electrons. The molecule has 0 bridgehead atoms. The van der Waals surface area contributed by atoms with Crippen LogP contribution in [0, 0.1) is 27.7 Å². The highest BCUT2D eigenvalue weighted by molar-refractivity contribution is 8.20. The third-order valence-electron chi connectivity index (χ3n) is 8.71. The minimum Gasteiger partial charge on any atom is -0.486 e. The van der Waals surface area contributed by atoms with Gasteiger partial charge in [0.2, 0.25) is 12.1 Å². The summed E-state index contributed by atoms with van der Waals surface area (Å²) < 4.78 is 37.0. The largest absolute Gasteiger partial charge is 0.486 e. The Bertz CT molecular complexity index is 1500. The fourth-order valence-corrected chi connectivity index (χ4v) is 11.0. The maximum atomic E-state index is 12.2. The molecule has 3 atom stereocenters. The van der Waals surface area contributed by atoms with Gasteiger partial charge in [0.15, 0.2) is 12.7 Å². The monoisotopic (exact) mass is 776 g/mol. The van der Waals surface area contributed by atoms with Crippen LogP contribution in [0.5, 0.6) is 11.5 Å². The number of hydrogen-bond acceptors (Lipinski definition) is 12. The maximum Gasteiger partial charge on any atom is 0.332 e. The van der Waals surface area contributed by atoms with Crippen molar-refractivity contribution >= 4 is 59.0 Å². The normalized spacial score (nSPS) is 17.7. The second kappa shape index (κ2) is 18.7. The number of carbonyl (C=O) groups is 2. The van der Waals surface area contributed by atoms with Crippen molar-refractivity contribution in [2.24, 2.45) is 0 Å². The van der Waals surface area contributed by atoms with Gasteiger partial charge in [-0.05, 0) is 68.0 Å². The first-order valence-electron chi connectivity index (χ1n) is 17.1. The molecule has 4 rings (SSSR count). The molecule has 2 aromatic rings. The van der Waals surface area contributed by atoms with Gasteiger partial charge in [0.05, 0.1) is 22.4 Å². The summed E-state index contributed by atoms with van der Waals surface area (Å²) in [5.41, 5.74) is 5.72. The number of aryl methyl sites for hydroxylation is 4. The molecule has 0 radical (unpaired) electrons. The van der Waals surface area contributed by atoms with Crippen LogP contribution in [0.4, 0.5) is 0 Å². The van der Waals surface area contributed by atoms with Crippen molar-refractivity contribution in [3.63, 3.8) is 0 Å². The molecule has 2 saturated heterocycles. The highest BCUT2D eigenvalue weighted by Crippen LogP contribution is 2.40. The van der Waals surface area contributed by atoms with Crippen LogP contribution in [0.2, 0.25) is 0 Å². The summed E-state index contributed by atoms with van der Waals surface area (Å²) in [6, 6.07) is 8.59. The van der Waals surface area contributed by atoms with Crippen molar-refractivity contribution in [3.8, 4) is 11.5 Å². The number of esters is 2. The lowest BCUT2D eigenvalue weighted by molar-refractivity contribution is -0.228. The van der Waals surface area contributed by atoms with E-state index in [1.807, 2.05) is 74.7 Å². The van der Waals surface area contributed by atoms with E-state index < -0.39 is 30.1 Å². The predicted molar refractivity (Wildman–Crippen MR) is 214 cm³/mol. The smallest absolute Gasteiger partial charge is 0.332 e. The van der Waals surface area contributed by atoms with Gasteiger partial charge in [-0.15, -0.1) is 47.0 Å². The lowest BCUT2D eigenvalue weighted by atomic mass is 9.76. The molecule has 12 heteroatoms. The van der Waals surface area contributed by atoms with Crippen LogP contribution < -0.4 is 9.47 Å². The average Bonchev–Trinajstić information content (AvgIpc) is 3.81. The summed E-state index contributed by atoms with van der Waals surface area (Å²) in [6.45, 7) is 24.1. The van der Waals surface area contributed by atoms with Crippen molar-refractivity contribution in [1.29, 1.82) is 0 Å². The van der Waals surface area contributed by atoms with E-state index >= 15 is 0 Å². The lowest BCUT2D eigenvalue weighted by Crippen LogP contribution is -2.42. The Morgan fingerprint density at radius 1 is 0.784 bits per heavy atom. The molecule has 2 aliphatic heterocycles. The number of ether oxygens (including phenoxy) is 6. The van der Waals surface area contributed by atoms with Crippen molar-refractivity contribution in [3.05, 3.63) is 83.0 Å². The molecule has 0 aliphatic carbocycles. The van der Waals surface area contributed by atoms with E-state index in [4.69, 9.17) is 28.4 Å². The predicted octanol–water partition coefficient (Wildman–Crippen LogP) is 8.54.